The van der Waals surface area contributed by atoms with Crippen molar-refractivity contribution in [2.24, 2.45) is 5.41 Å². The average molecular weight is 263 g/mol. The standard InChI is InChI=1S/C11H21NO4S/c1-11(2)5-7-12(8-6-11)17(15,16)9-3-4-10(13)14/h3-9H2,1-2H3,(H,13,14). The summed E-state index contributed by atoms with van der Waals surface area (Å²) in [5, 5.41) is 8.48. The molecule has 1 N–H and O–H groups in total. The summed E-state index contributed by atoms with van der Waals surface area (Å²) >= 11 is 0. The van der Waals surface area contributed by atoms with Gasteiger partial charge in [-0.25, -0.2) is 12.7 Å². The molecule has 5 nitrogen and oxygen atoms in total. The van der Waals surface area contributed by atoms with Crippen LogP contribution in [0.4, 0.5) is 0 Å². The molecule has 0 aromatic rings. The van der Waals surface area contributed by atoms with Crippen molar-refractivity contribution in [3.05, 3.63) is 0 Å². The van der Waals surface area contributed by atoms with E-state index in [0.29, 0.717) is 13.1 Å². The van der Waals surface area contributed by atoms with Crippen LogP contribution < -0.4 is 0 Å². The molecule has 17 heavy (non-hydrogen) atoms. The zero-order valence-corrected chi connectivity index (χ0v) is 11.3. The second-order valence-electron chi connectivity index (χ2n) is 5.38. The first-order valence-electron chi connectivity index (χ1n) is 5.93. The number of sulfonamides is 1. The van der Waals surface area contributed by atoms with E-state index < -0.39 is 16.0 Å². The van der Waals surface area contributed by atoms with Crippen molar-refractivity contribution in [2.45, 2.75) is 39.5 Å². The number of rotatable bonds is 5. The lowest BCUT2D eigenvalue weighted by Crippen LogP contribution is -2.42. The summed E-state index contributed by atoms with van der Waals surface area (Å²) in [6.07, 6.45) is 1.84. The van der Waals surface area contributed by atoms with Gasteiger partial charge in [-0.05, 0) is 24.7 Å². The van der Waals surface area contributed by atoms with Crippen LogP contribution in [0.25, 0.3) is 0 Å². The molecule has 1 rings (SSSR count). The van der Waals surface area contributed by atoms with Gasteiger partial charge in [0.15, 0.2) is 0 Å². The smallest absolute Gasteiger partial charge is 0.303 e. The largest absolute Gasteiger partial charge is 0.481 e. The predicted octanol–water partition coefficient (Wildman–Crippen LogP) is 1.30. The third-order valence-corrected chi connectivity index (χ3v) is 5.22. The Labute approximate surface area is 103 Å². The topological polar surface area (TPSA) is 74.7 Å². The van der Waals surface area contributed by atoms with Crippen LogP contribution in [0.1, 0.15) is 39.5 Å². The van der Waals surface area contributed by atoms with Crippen molar-refractivity contribution in [3.63, 3.8) is 0 Å². The molecule has 0 unspecified atom stereocenters. The van der Waals surface area contributed by atoms with Crippen molar-refractivity contribution < 1.29 is 18.3 Å². The normalized spacial score (nSPS) is 21.3. The summed E-state index contributed by atoms with van der Waals surface area (Å²) in [5.41, 5.74) is 0.215. The lowest BCUT2D eigenvalue weighted by atomic mass is 9.83. The Morgan fingerprint density at radius 2 is 1.82 bits per heavy atom. The van der Waals surface area contributed by atoms with E-state index >= 15 is 0 Å². The van der Waals surface area contributed by atoms with E-state index in [9.17, 15) is 13.2 Å². The summed E-state index contributed by atoms with van der Waals surface area (Å²) in [4.78, 5) is 10.3. The van der Waals surface area contributed by atoms with Gasteiger partial charge < -0.3 is 5.11 Å². The minimum Gasteiger partial charge on any atom is -0.481 e. The number of carboxylic acids is 1. The zero-order valence-electron chi connectivity index (χ0n) is 10.5. The number of carbonyl (C=O) groups is 1. The number of carboxylic acid groups (broad SMARTS) is 1. The monoisotopic (exact) mass is 263 g/mol. The molecule has 1 saturated heterocycles. The number of hydrogen-bond acceptors (Lipinski definition) is 3. The van der Waals surface area contributed by atoms with E-state index in [0.717, 1.165) is 12.8 Å². The van der Waals surface area contributed by atoms with Crippen LogP contribution in [0, 0.1) is 5.41 Å². The van der Waals surface area contributed by atoms with Gasteiger partial charge in [0.25, 0.3) is 0 Å². The van der Waals surface area contributed by atoms with Crippen molar-refractivity contribution in [2.75, 3.05) is 18.8 Å². The molecule has 0 aliphatic carbocycles. The Balaban J connectivity index is 2.46. The Morgan fingerprint density at radius 3 is 2.29 bits per heavy atom. The predicted molar refractivity (Wildman–Crippen MR) is 65.2 cm³/mol. The van der Waals surface area contributed by atoms with E-state index in [1.165, 1.54) is 4.31 Å². The highest BCUT2D eigenvalue weighted by molar-refractivity contribution is 7.89. The Bertz CT molecular complexity index is 365. The number of hydrogen-bond donors (Lipinski definition) is 1. The maximum atomic E-state index is 11.9. The molecular formula is C11H21NO4S. The minimum atomic E-state index is -3.26. The molecule has 0 bridgehead atoms. The van der Waals surface area contributed by atoms with Gasteiger partial charge in [-0.2, -0.15) is 0 Å². The molecule has 6 heteroatoms. The summed E-state index contributed by atoms with van der Waals surface area (Å²) in [5.74, 6) is -1.00. The maximum Gasteiger partial charge on any atom is 0.303 e. The average Bonchev–Trinajstić information content (AvgIpc) is 2.15. The Morgan fingerprint density at radius 1 is 1.29 bits per heavy atom. The quantitative estimate of drug-likeness (QED) is 0.811. The van der Waals surface area contributed by atoms with E-state index in [1.807, 2.05) is 0 Å². The molecule has 0 atom stereocenters. The van der Waals surface area contributed by atoms with Gasteiger partial charge in [0.1, 0.15) is 0 Å². The number of piperidine rings is 1. The first kappa shape index (κ1) is 14.4. The molecule has 0 aromatic carbocycles. The maximum absolute atomic E-state index is 11.9. The van der Waals surface area contributed by atoms with Crippen LogP contribution >= 0.6 is 0 Å². The van der Waals surface area contributed by atoms with E-state index in [4.69, 9.17) is 5.11 Å². The minimum absolute atomic E-state index is 0.0558. The number of aliphatic carboxylic acids is 1. The summed E-state index contributed by atoms with van der Waals surface area (Å²) in [6.45, 7) is 5.40. The van der Waals surface area contributed by atoms with E-state index in [2.05, 4.69) is 13.8 Å². The molecule has 100 valence electrons. The summed E-state index contributed by atoms with van der Waals surface area (Å²) in [6, 6.07) is 0. The first-order chi connectivity index (χ1) is 7.73. The summed E-state index contributed by atoms with van der Waals surface area (Å²) < 4.78 is 25.3. The highest BCUT2D eigenvalue weighted by Crippen LogP contribution is 2.30. The third-order valence-electron chi connectivity index (χ3n) is 3.26. The lowest BCUT2D eigenvalue weighted by Gasteiger charge is -2.36. The van der Waals surface area contributed by atoms with Gasteiger partial charge in [0.05, 0.1) is 5.75 Å². The second-order valence-corrected chi connectivity index (χ2v) is 7.47. The molecule has 1 heterocycles. The van der Waals surface area contributed by atoms with Crippen LogP contribution in [0.5, 0.6) is 0 Å². The molecular weight excluding hydrogens is 242 g/mol. The van der Waals surface area contributed by atoms with Crippen LogP contribution in [-0.2, 0) is 14.8 Å². The van der Waals surface area contributed by atoms with Gasteiger partial charge in [-0.3, -0.25) is 4.79 Å². The van der Waals surface area contributed by atoms with Crippen molar-refractivity contribution in [3.8, 4) is 0 Å². The molecule has 0 aromatic heterocycles. The van der Waals surface area contributed by atoms with Crippen LogP contribution in [-0.4, -0.2) is 42.6 Å². The van der Waals surface area contributed by atoms with Crippen molar-refractivity contribution in [1.29, 1.82) is 0 Å². The fourth-order valence-corrected chi connectivity index (χ4v) is 3.41. The van der Waals surface area contributed by atoms with Crippen LogP contribution in [0.3, 0.4) is 0 Å². The van der Waals surface area contributed by atoms with Crippen LogP contribution in [0.2, 0.25) is 0 Å². The molecule has 1 fully saturated rings. The molecule has 0 saturated carbocycles. The van der Waals surface area contributed by atoms with Gasteiger partial charge in [0, 0.05) is 19.5 Å². The van der Waals surface area contributed by atoms with E-state index in [-0.39, 0.29) is 24.0 Å². The highest BCUT2D eigenvalue weighted by atomic mass is 32.2. The molecule has 0 spiro atoms. The Kier molecular flexibility index (Phi) is 4.55. The Hall–Kier alpha value is -0.620. The molecule has 0 amide bonds. The zero-order chi connectivity index (χ0) is 13.1. The van der Waals surface area contributed by atoms with Gasteiger partial charge in [-0.15, -0.1) is 0 Å². The summed E-state index contributed by atoms with van der Waals surface area (Å²) in [7, 11) is -3.26. The molecule has 1 aliphatic rings. The lowest BCUT2D eigenvalue weighted by molar-refractivity contribution is -0.137. The fraction of sp³-hybridized carbons (Fsp3) is 0.909. The second kappa shape index (κ2) is 5.35. The van der Waals surface area contributed by atoms with Gasteiger partial charge >= 0.3 is 5.97 Å². The molecule has 0 radical (unpaired) electrons. The van der Waals surface area contributed by atoms with Crippen LogP contribution in [0.15, 0.2) is 0 Å². The fourth-order valence-electron chi connectivity index (χ4n) is 1.90. The SMILES string of the molecule is CC1(C)CCN(S(=O)(=O)CCCC(=O)O)CC1. The van der Waals surface area contributed by atoms with E-state index in [1.54, 1.807) is 0 Å². The van der Waals surface area contributed by atoms with Gasteiger partial charge in [0.2, 0.25) is 10.0 Å². The van der Waals surface area contributed by atoms with Gasteiger partial charge in [-0.1, -0.05) is 13.8 Å². The van der Waals surface area contributed by atoms with Crippen molar-refractivity contribution in [1.82, 2.24) is 4.31 Å². The first-order valence-corrected chi connectivity index (χ1v) is 7.53. The third kappa shape index (κ3) is 4.63. The van der Waals surface area contributed by atoms with Crippen molar-refractivity contribution >= 4 is 16.0 Å². The molecule has 1 aliphatic heterocycles. The highest BCUT2D eigenvalue weighted by Gasteiger charge is 2.31. The number of nitrogens with zero attached hydrogens (tertiary/aromatic N) is 1.